The van der Waals surface area contributed by atoms with E-state index in [0.29, 0.717) is 6.42 Å². The van der Waals surface area contributed by atoms with E-state index in [9.17, 15) is 4.79 Å². The molecule has 1 aromatic carbocycles. The minimum atomic E-state index is -0.118. The van der Waals surface area contributed by atoms with Crippen LogP contribution in [0.4, 0.5) is 0 Å². The summed E-state index contributed by atoms with van der Waals surface area (Å²) in [4.78, 5) is 19.2. The molecule has 0 N–H and O–H groups in total. The summed E-state index contributed by atoms with van der Waals surface area (Å²) in [5.74, 6) is 1.52. The maximum absolute atomic E-state index is 12.4. The van der Waals surface area contributed by atoms with Gasteiger partial charge in [-0.1, -0.05) is 19.1 Å². The molecule has 0 radical (unpaired) electrons. The number of hydrogen-bond acceptors (Lipinski definition) is 2. The first-order valence-electron chi connectivity index (χ1n) is 8.17. The molecular weight excluding hydrogens is 274 g/mol. The van der Waals surface area contributed by atoms with Crippen LogP contribution in [0.3, 0.4) is 0 Å². The van der Waals surface area contributed by atoms with E-state index in [4.69, 9.17) is 4.98 Å². The number of likely N-dealkylation sites (tertiary alicyclic amines) is 1. The Hall–Kier alpha value is -1.84. The summed E-state index contributed by atoms with van der Waals surface area (Å²) in [7, 11) is 0. The Morgan fingerprint density at radius 3 is 2.64 bits per heavy atom. The van der Waals surface area contributed by atoms with Gasteiger partial charge in [0.15, 0.2) is 0 Å². The molecule has 1 saturated heterocycles. The maximum atomic E-state index is 12.4. The smallest absolute Gasteiger partial charge is 0.223 e. The molecule has 2 heterocycles. The molecule has 4 nitrogen and oxygen atoms in total. The number of para-hydroxylation sites is 2. The standard InChI is InChI=1S/C18H25N3O/c1-5-10-20-15-9-7-6-8-14(15)19-17(20)13-11-16(22)21(12-13)18(2,3)4/h6-9,13H,5,10-12H2,1-4H3/t13-/m1/s1. The average Bonchev–Trinajstić information content (AvgIpc) is 3.00. The van der Waals surface area contributed by atoms with Gasteiger partial charge in [0.2, 0.25) is 5.91 Å². The van der Waals surface area contributed by atoms with Crippen molar-refractivity contribution in [3.63, 3.8) is 0 Å². The number of hydrogen-bond donors (Lipinski definition) is 0. The second kappa shape index (κ2) is 5.41. The molecule has 22 heavy (non-hydrogen) atoms. The Morgan fingerprint density at radius 1 is 1.27 bits per heavy atom. The topological polar surface area (TPSA) is 38.1 Å². The van der Waals surface area contributed by atoms with E-state index in [2.05, 4.69) is 50.5 Å². The molecule has 2 aromatic rings. The quantitative estimate of drug-likeness (QED) is 0.869. The Balaban J connectivity index is 2.00. The van der Waals surface area contributed by atoms with Crippen molar-refractivity contribution in [3.8, 4) is 0 Å². The Kier molecular flexibility index (Phi) is 3.71. The average molecular weight is 299 g/mol. The van der Waals surface area contributed by atoms with Crippen LogP contribution in [0.25, 0.3) is 11.0 Å². The fourth-order valence-corrected chi connectivity index (χ4v) is 3.39. The molecule has 3 rings (SSSR count). The third-order valence-electron chi connectivity index (χ3n) is 4.43. The second-order valence-electron chi connectivity index (χ2n) is 7.19. The first-order chi connectivity index (χ1) is 10.4. The number of nitrogens with zero attached hydrogens (tertiary/aromatic N) is 3. The van der Waals surface area contributed by atoms with Crippen LogP contribution >= 0.6 is 0 Å². The van der Waals surface area contributed by atoms with Crippen LogP contribution < -0.4 is 0 Å². The summed E-state index contributed by atoms with van der Waals surface area (Å²) >= 11 is 0. The van der Waals surface area contributed by atoms with Gasteiger partial charge in [-0.15, -0.1) is 0 Å². The van der Waals surface area contributed by atoms with Crippen LogP contribution in [0.2, 0.25) is 0 Å². The van der Waals surface area contributed by atoms with Crippen molar-refractivity contribution in [1.82, 2.24) is 14.5 Å². The molecular formula is C18H25N3O. The number of carbonyl (C=O) groups excluding carboxylic acids is 1. The highest BCUT2D eigenvalue weighted by molar-refractivity contribution is 5.81. The van der Waals surface area contributed by atoms with E-state index in [0.717, 1.165) is 30.9 Å². The summed E-state index contributed by atoms with van der Waals surface area (Å²) in [6.45, 7) is 10.2. The summed E-state index contributed by atoms with van der Waals surface area (Å²) in [6, 6.07) is 8.26. The van der Waals surface area contributed by atoms with Gasteiger partial charge in [0.25, 0.3) is 0 Å². The summed E-state index contributed by atoms with van der Waals surface area (Å²) in [5.41, 5.74) is 2.10. The van der Waals surface area contributed by atoms with Crippen LogP contribution in [0.15, 0.2) is 24.3 Å². The summed E-state index contributed by atoms with van der Waals surface area (Å²) in [5, 5.41) is 0. The zero-order valence-corrected chi connectivity index (χ0v) is 14.0. The van der Waals surface area contributed by atoms with Crippen molar-refractivity contribution >= 4 is 16.9 Å². The Bertz CT molecular complexity index is 696. The molecule has 118 valence electrons. The number of amides is 1. The maximum Gasteiger partial charge on any atom is 0.223 e. The Labute approximate surface area is 132 Å². The normalized spacial score (nSPS) is 19.4. The molecule has 0 saturated carbocycles. The van der Waals surface area contributed by atoms with Crippen LogP contribution in [-0.2, 0) is 11.3 Å². The van der Waals surface area contributed by atoms with Crippen LogP contribution in [0, 0.1) is 0 Å². The molecule has 1 aliphatic rings. The lowest BCUT2D eigenvalue weighted by atomic mass is 10.1. The fourth-order valence-electron chi connectivity index (χ4n) is 3.39. The summed E-state index contributed by atoms with van der Waals surface area (Å²) < 4.78 is 2.30. The van der Waals surface area contributed by atoms with E-state index in [1.54, 1.807) is 0 Å². The third-order valence-corrected chi connectivity index (χ3v) is 4.43. The highest BCUT2D eigenvalue weighted by Crippen LogP contribution is 2.33. The molecule has 0 aliphatic carbocycles. The molecule has 0 bridgehead atoms. The first-order valence-corrected chi connectivity index (χ1v) is 8.17. The molecule has 0 unspecified atom stereocenters. The molecule has 1 fully saturated rings. The van der Waals surface area contributed by atoms with E-state index in [-0.39, 0.29) is 17.4 Å². The lowest BCUT2D eigenvalue weighted by molar-refractivity contribution is -0.131. The van der Waals surface area contributed by atoms with Crippen molar-refractivity contribution in [2.45, 2.75) is 58.5 Å². The minimum absolute atomic E-state index is 0.118. The lowest BCUT2D eigenvalue weighted by Gasteiger charge is -2.32. The minimum Gasteiger partial charge on any atom is -0.337 e. The van der Waals surface area contributed by atoms with Gasteiger partial charge < -0.3 is 9.47 Å². The first kappa shape index (κ1) is 15.1. The second-order valence-corrected chi connectivity index (χ2v) is 7.19. The van der Waals surface area contributed by atoms with Crippen molar-refractivity contribution in [2.75, 3.05) is 6.54 Å². The van der Waals surface area contributed by atoms with E-state index in [1.165, 1.54) is 5.52 Å². The van der Waals surface area contributed by atoms with Crippen molar-refractivity contribution < 1.29 is 4.79 Å². The number of carbonyl (C=O) groups is 1. The SMILES string of the molecule is CCCn1c([C@@H]2CC(=O)N(C(C)(C)C)C2)nc2ccccc21. The van der Waals surface area contributed by atoms with Crippen molar-refractivity contribution in [1.29, 1.82) is 0 Å². The highest BCUT2D eigenvalue weighted by Gasteiger charge is 2.38. The predicted octanol–water partition coefficient (Wildman–Crippen LogP) is 3.56. The van der Waals surface area contributed by atoms with E-state index >= 15 is 0 Å². The monoisotopic (exact) mass is 299 g/mol. The lowest BCUT2D eigenvalue weighted by Crippen LogP contribution is -2.42. The van der Waals surface area contributed by atoms with Crippen LogP contribution in [0.5, 0.6) is 0 Å². The zero-order chi connectivity index (χ0) is 15.9. The number of benzene rings is 1. The largest absolute Gasteiger partial charge is 0.337 e. The van der Waals surface area contributed by atoms with E-state index < -0.39 is 0 Å². The third kappa shape index (κ3) is 2.51. The van der Waals surface area contributed by atoms with Gasteiger partial charge in [0, 0.05) is 31.0 Å². The van der Waals surface area contributed by atoms with Gasteiger partial charge in [-0.25, -0.2) is 4.98 Å². The van der Waals surface area contributed by atoms with Gasteiger partial charge in [-0.05, 0) is 39.3 Å². The molecule has 1 atom stereocenters. The van der Waals surface area contributed by atoms with Crippen molar-refractivity contribution in [2.24, 2.45) is 0 Å². The van der Waals surface area contributed by atoms with Crippen LogP contribution in [0.1, 0.15) is 52.3 Å². The van der Waals surface area contributed by atoms with Gasteiger partial charge in [0.1, 0.15) is 5.82 Å². The Morgan fingerprint density at radius 2 is 2.00 bits per heavy atom. The van der Waals surface area contributed by atoms with Gasteiger partial charge in [-0.3, -0.25) is 4.79 Å². The number of imidazole rings is 1. The van der Waals surface area contributed by atoms with Gasteiger partial charge >= 0.3 is 0 Å². The van der Waals surface area contributed by atoms with E-state index in [1.807, 2.05) is 11.0 Å². The number of fused-ring (bicyclic) bond motifs is 1. The number of aromatic nitrogens is 2. The molecule has 1 amide bonds. The highest BCUT2D eigenvalue weighted by atomic mass is 16.2. The number of aryl methyl sites for hydroxylation is 1. The molecule has 4 heteroatoms. The molecule has 0 spiro atoms. The molecule has 1 aliphatic heterocycles. The van der Waals surface area contributed by atoms with Crippen LogP contribution in [-0.4, -0.2) is 32.4 Å². The zero-order valence-electron chi connectivity index (χ0n) is 14.0. The van der Waals surface area contributed by atoms with Crippen molar-refractivity contribution in [3.05, 3.63) is 30.1 Å². The fraction of sp³-hybridized carbons (Fsp3) is 0.556. The number of rotatable bonds is 3. The molecule has 1 aromatic heterocycles. The van der Waals surface area contributed by atoms with Gasteiger partial charge in [0.05, 0.1) is 11.0 Å². The van der Waals surface area contributed by atoms with Gasteiger partial charge in [-0.2, -0.15) is 0 Å². The summed E-state index contributed by atoms with van der Waals surface area (Å²) in [6.07, 6.45) is 1.64. The predicted molar refractivity (Wildman–Crippen MR) is 88.8 cm³/mol.